The van der Waals surface area contributed by atoms with Gasteiger partial charge in [-0.25, -0.2) is 0 Å². The van der Waals surface area contributed by atoms with E-state index in [1.54, 1.807) is 0 Å². The number of fused-ring (bicyclic) bond motifs is 1. The van der Waals surface area contributed by atoms with Gasteiger partial charge in [-0.15, -0.1) is 0 Å². The van der Waals surface area contributed by atoms with Crippen molar-refractivity contribution in [3.63, 3.8) is 0 Å². The summed E-state index contributed by atoms with van der Waals surface area (Å²) in [7, 11) is 0. The molecule has 2 rings (SSSR count). The van der Waals surface area contributed by atoms with Crippen LogP contribution in [0.25, 0.3) is 11.2 Å². The van der Waals surface area contributed by atoms with Crippen LogP contribution in [0.15, 0.2) is 0 Å². The first-order valence-corrected chi connectivity index (χ1v) is 4.24. The van der Waals surface area contributed by atoms with Crippen LogP contribution in [0.1, 0.15) is 0 Å². The Labute approximate surface area is 82.0 Å². The summed E-state index contributed by atoms with van der Waals surface area (Å²) in [5.74, 6) is 0. The number of imidazole rings is 1. The molecule has 4 nitrogen and oxygen atoms in total. The highest BCUT2D eigenvalue weighted by atomic mass is 35.5. The molecular formula is C5H3ClN4S2. The number of H-pyrrole nitrogens is 3. The lowest BCUT2D eigenvalue weighted by Gasteiger charge is -1.87. The summed E-state index contributed by atoms with van der Waals surface area (Å²) in [6, 6.07) is 0. The van der Waals surface area contributed by atoms with E-state index < -0.39 is 0 Å². The predicted octanol–water partition coefficient (Wildman–Crippen LogP) is 2.33. The summed E-state index contributed by atoms with van der Waals surface area (Å²) >= 11 is 15.5. The van der Waals surface area contributed by atoms with Crippen LogP contribution in [0, 0.1) is 9.41 Å². The molecule has 62 valence electrons. The molecule has 2 aromatic rings. The SMILES string of the molecule is S=c1[nH]c(=S)c2[nH]c(Cl)nc2[nH]1. The molecule has 0 saturated carbocycles. The molecule has 0 amide bonds. The zero-order valence-corrected chi connectivity index (χ0v) is 8.03. The maximum atomic E-state index is 5.63. The second-order valence-corrected chi connectivity index (χ2v) is 3.33. The molecule has 0 radical (unpaired) electrons. The molecule has 0 unspecified atom stereocenters. The first-order valence-electron chi connectivity index (χ1n) is 3.04. The maximum Gasteiger partial charge on any atom is 0.202 e. The summed E-state index contributed by atoms with van der Waals surface area (Å²) in [6.45, 7) is 0. The van der Waals surface area contributed by atoms with E-state index in [9.17, 15) is 0 Å². The van der Waals surface area contributed by atoms with Gasteiger partial charge in [0.25, 0.3) is 0 Å². The number of halogens is 1. The Morgan fingerprint density at radius 3 is 2.67 bits per heavy atom. The van der Waals surface area contributed by atoms with Crippen LogP contribution in [0.5, 0.6) is 0 Å². The van der Waals surface area contributed by atoms with Crippen LogP contribution >= 0.6 is 36.0 Å². The summed E-state index contributed by atoms with van der Waals surface area (Å²) in [6.07, 6.45) is 0. The van der Waals surface area contributed by atoms with Crippen molar-refractivity contribution in [2.75, 3.05) is 0 Å². The highest BCUT2D eigenvalue weighted by Gasteiger charge is 2.01. The molecule has 0 spiro atoms. The number of rotatable bonds is 0. The highest BCUT2D eigenvalue weighted by molar-refractivity contribution is 7.72. The standard InChI is InChI=1S/C5H3ClN4S2/c6-4-7-1-2(8-4)9-5(12)10-3(1)11/h(H3,7,8,9,10,11,12). The van der Waals surface area contributed by atoms with Crippen molar-refractivity contribution in [1.29, 1.82) is 0 Å². The number of nitrogens with zero attached hydrogens (tertiary/aromatic N) is 1. The lowest BCUT2D eigenvalue weighted by atomic mass is 10.6. The largest absolute Gasteiger partial charge is 0.325 e. The number of hydrogen-bond donors (Lipinski definition) is 3. The van der Waals surface area contributed by atoms with Gasteiger partial charge < -0.3 is 15.0 Å². The van der Waals surface area contributed by atoms with Gasteiger partial charge in [-0.1, -0.05) is 12.2 Å². The first kappa shape index (κ1) is 7.90. The number of aromatic amines is 3. The van der Waals surface area contributed by atoms with Crippen molar-refractivity contribution in [2.24, 2.45) is 0 Å². The van der Waals surface area contributed by atoms with Crippen molar-refractivity contribution in [2.45, 2.75) is 0 Å². The Kier molecular flexibility index (Phi) is 1.75. The molecular weight excluding hydrogens is 216 g/mol. The molecule has 2 aromatic heterocycles. The maximum absolute atomic E-state index is 5.63. The van der Waals surface area contributed by atoms with Gasteiger partial charge in [0.05, 0.1) is 0 Å². The summed E-state index contributed by atoms with van der Waals surface area (Å²) in [5.41, 5.74) is 1.25. The molecule has 2 heterocycles. The van der Waals surface area contributed by atoms with Gasteiger partial charge in [-0.05, 0) is 23.8 Å². The first-order chi connectivity index (χ1) is 5.66. The Morgan fingerprint density at radius 2 is 1.92 bits per heavy atom. The van der Waals surface area contributed by atoms with Gasteiger partial charge in [-0.2, -0.15) is 4.98 Å². The average Bonchev–Trinajstić information content (AvgIpc) is 2.29. The van der Waals surface area contributed by atoms with Gasteiger partial charge in [0.15, 0.2) is 10.4 Å². The predicted molar refractivity (Wildman–Crippen MR) is 51.5 cm³/mol. The molecule has 3 N–H and O–H groups in total. The zero-order valence-electron chi connectivity index (χ0n) is 5.64. The van der Waals surface area contributed by atoms with E-state index in [-0.39, 0.29) is 0 Å². The monoisotopic (exact) mass is 218 g/mol. The number of aromatic nitrogens is 4. The molecule has 0 aliphatic rings. The van der Waals surface area contributed by atoms with Crippen molar-refractivity contribution in [3.05, 3.63) is 14.7 Å². The molecule has 0 atom stereocenters. The highest BCUT2D eigenvalue weighted by Crippen LogP contribution is 2.11. The normalized spacial score (nSPS) is 10.8. The van der Waals surface area contributed by atoms with Gasteiger partial charge in [0.1, 0.15) is 10.2 Å². The quantitative estimate of drug-likeness (QED) is 0.470. The van der Waals surface area contributed by atoms with Gasteiger partial charge >= 0.3 is 0 Å². The minimum atomic E-state index is 0.293. The smallest absolute Gasteiger partial charge is 0.202 e. The van der Waals surface area contributed by atoms with Crippen molar-refractivity contribution in [3.8, 4) is 0 Å². The number of hydrogen-bond acceptors (Lipinski definition) is 3. The average molecular weight is 219 g/mol. The molecule has 12 heavy (non-hydrogen) atoms. The molecule has 0 aliphatic carbocycles. The van der Waals surface area contributed by atoms with Crippen LogP contribution < -0.4 is 0 Å². The minimum absolute atomic E-state index is 0.293. The second kappa shape index (κ2) is 2.65. The summed E-state index contributed by atoms with van der Waals surface area (Å²) in [4.78, 5) is 12.3. The molecule has 7 heteroatoms. The van der Waals surface area contributed by atoms with Gasteiger partial charge in [0, 0.05) is 0 Å². The molecule has 0 aromatic carbocycles. The van der Waals surface area contributed by atoms with Crippen LogP contribution in [-0.2, 0) is 0 Å². The third kappa shape index (κ3) is 1.17. The van der Waals surface area contributed by atoms with E-state index in [1.807, 2.05) is 0 Å². The molecule has 0 bridgehead atoms. The lowest BCUT2D eigenvalue weighted by molar-refractivity contribution is 1.15. The minimum Gasteiger partial charge on any atom is -0.325 e. The Bertz CT molecular complexity index is 536. The van der Waals surface area contributed by atoms with Crippen molar-refractivity contribution < 1.29 is 0 Å². The molecule has 0 fully saturated rings. The lowest BCUT2D eigenvalue weighted by Crippen LogP contribution is -1.83. The fourth-order valence-electron chi connectivity index (χ4n) is 0.904. The Morgan fingerprint density at radius 1 is 1.17 bits per heavy atom. The fraction of sp³-hybridized carbons (Fsp3) is 0. The molecule has 0 aliphatic heterocycles. The fourth-order valence-corrected chi connectivity index (χ4v) is 1.60. The topological polar surface area (TPSA) is 60.3 Å². The van der Waals surface area contributed by atoms with Crippen LogP contribution in [0.4, 0.5) is 0 Å². The van der Waals surface area contributed by atoms with Crippen LogP contribution in [-0.4, -0.2) is 19.9 Å². The Balaban J connectivity index is 3.08. The third-order valence-electron chi connectivity index (χ3n) is 1.36. The van der Waals surface area contributed by atoms with E-state index in [2.05, 4.69) is 19.9 Å². The Hall–Kier alpha value is -0.720. The zero-order chi connectivity index (χ0) is 8.72. The van der Waals surface area contributed by atoms with Crippen molar-refractivity contribution >= 4 is 47.2 Å². The third-order valence-corrected chi connectivity index (χ3v) is 2.05. The second-order valence-electron chi connectivity index (χ2n) is 2.16. The number of nitrogens with one attached hydrogen (secondary N) is 3. The van der Waals surface area contributed by atoms with E-state index in [4.69, 9.17) is 36.0 Å². The summed E-state index contributed by atoms with van der Waals surface area (Å²) in [5, 5.41) is 0.293. The van der Waals surface area contributed by atoms with Crippen LogP contribution in [0.3, 0.4) is 0 Å². The van der Waals surface area contributed by atoms with Gasteiger partial charge in [-0.3, -0.25) is 0 Å². The van der Waals surface area contributed by atoms with E-state index in [0.29, 0.717) is 25.9 Å². The van der Waals surface area contributed by atoms with Crippen LogP contribution in [0.2, 0.25) is 5.28 Å². The van der Waals surface area contributed by atoms with Crippen molar-refractivity contribution in [1.82, 2.24) is 19.9 Å². The molecule has 0 saturated heterocycles. The van der Waals surface area contributed by atoms with E-state index in [0.717, 1.165) is 0 Å². The van der Waals surface area contributed by atoms with E-state index in [1.165, 1.54) is 0 Å². The van der Waals surface area contributed by atoms with Gasteiger partial charge in [0.2, 0.25) is 5.28 Å². The van der Waals surface area contributed by atoms with E-state index >= 15 is 0 Å². The summed E-state index contributed by atoms with van der Waals surface area (Å²) < 4.78 is 0.948.